The molecule has 10 radical (unpaired) electrons. The van der Waals surface area contributed by atoms with Gasteiger partial charge in [-0.25, -0.2) is 0 Å². The summed E-state index contributed by atoms with van der Waals surface area (Å²) < 4.78 is 0. The van der Waals surface area contributed by atoms with Gasteiger partial charge in [-0.2, -0.15) is 0 Å². The summed E-state index contributed by atoms with van der Waals surface area (Å²) in [7, 11) is 0. The average Bonchev–Trinajstić information content (AvgIpc) is 3.09. The van der Waals surface area contributed by atoms with Gasteiger partial charge in [-0.3, -0.25) is 4.79 Å². The molecule has 0 spiro atoms. The Hall–Kier alpha value is 0.189. The second-order valence-electron chi connectivity index (χ2n) is 8.03. The van der Waals surface area contributed by atoms with Crippen molar-refractivity contribution < 1.29 is 21.9 Å². The van der Waals surface area contributed by atoms with Crippen molar-refractivity contribution in [3.05, 3.63) is 60.2 Å². The predicted molar refractivity (Wildman–Crippen MR) is 95.0 cm³/mol. The van der Waals surface area contributed by atoms with E-state index in [0.717, 1.165) is 38.0 Å². The fraction of sp³-hybridized carbons (Fsp3) is 0.522. The first-order valence-electron chi connectivity index (χ1n) is 9.94. The smallest absolute Gasteiger partial charge is 0.140 e. The maximum Gasteiger partial charge on any atom is 0.140 e. The Morgan fingerprint density at radius 1 is 0.520 bits per heavy atom. The Morgan fingerprint density at radius 3 is 1.60 bits per heavy atom. The normalized spacial score (nSPS) is 32.2. The van der Waals surface area contributed by atoms with Crippen LogP contribution < -0.4 is 0 Å². The van der Waals surface area contributed by atoms with E-state index in [1.54, 1.807) is 29.6 Å². The van der Waals surface area contributed by atoms with Crippen LogP contribution in [-0.2, 0) is 21.9 Å². The first-order chi connectivity index (χ1) is 11.8. The molecule has 0 aromatic rings. The molecule has 2 heteroatoms. The molecule has 132 valence electrons. The summed E-state index contributed by atoms with van der Waals surface area (Å²) in [6.45, 7) is 0. The van der Waals surface area contributed by atoms with Crippen LogP contribution in [0.25, 0.3) is 0 Å². The van der Waals surface area contributed by atoms with E-state index in [4.69, 9.17) is 0 Å². The number of ketones is 1. The van der Waals surface area contributed by atoms with E-state index in [2.05, 4.69) is 12.8 Å². The molecule has 0 aromatic heterocycles. The van der Waals surface area contributed by atoms with Crippen LogP contribution in [0.15, 0.2) is 0 Å². The van der Waals surface area contributed by atoms with Gasteiger partial charge >= 0.3 is 0 Å². The van der Waals surface area contributed by atoms with Gasteiger partial charge in [0.2, 0.25) is 0 Å². The molecule has 5 fully saturated rings. The first kappa shape index (κ1) is 18.5. The topological polar surface area (TPSA) is 17.1 Å². The van der Waals surface area contributed by atoms with Crippen LogP contribution in [0, 0.1) is 60.2 Å². The van der Waals surface area contributed by atoms with Crippen LogP contribution >= 0.6 is 0 Å². The molecule has 5 saturated carbocycles. The molecular formula is C23H26FeO. The minimum absolute atomic E-state index is 0. The van der Waals surface area contributed by atoms with Crippen LogP contribution in [0.3, 0.4) is 0 Å². The van der Waals surface area contributed by atoms with Crippen LogP contribution in [0.1, 0.15) is 77.0 Å². The second kappa shape index (κ2) is 7.67. The zero-order valence-corrected chi connectivity index (χ0v) is 16.0. The fourth-order valence-corrected chi connectivity index (χ4v) is 5.54. The Balaban J connectivity index is 0.00000157. The molecule has 5 aliphatic rings. The van der Waals surface area contributed by atoms with Gasteiger partial charge in [0.05, 0.1) is 5.92 Å². The molecular weight excluding hydrogens is 348 g/mol. The monoisotopic (exact) mass is 374 g/mol. The number of Topliss-reactive ketones (excluding diaryl/α,β-unsaturated/α-hetero) is 1. The summed E-state index contributed by atoms with van der Waals surface area (Å²) >= 11 is 0. The first-order valence-corrected chi connectivity index (χ1v) is 9.94. The van der Waals surface area contributed by atoms with Gasteiger partial charge in [-0.1, -0.05) is 19.3 Å². The summed E-state index contributed by atoms with van der Waals surface area (Å²) in [5.74, 6) is 12.6. The number of fused-ring (bicyclic) bond motifs is 4. The second-order valence-corrected chi connectivity index (χ2v) is 8.03. The molecule has 5 aliphatic carbocycles. The molecule has 0 N–H and O–H groups in total. The molecule has 0 saturated heterocycles. The zero-order chi connectivity index (χ0) is 16.1. The van der Waals surface area contributed by atoms with Crippen molar-refractivity contribution in [1.29, 1.82) is 0 Å². The van der Waals surface area contributed by atoms with E-state index in [1.807, 2.05) is 0 Å². The molecule has 0 atom stereocenters. The molecule has 1 nitrogen and oxygen atoms in total. The maximum absolute atomic E-state index is 12.9. The predicted octanol–water partition coefficient (Wildman–Crippen LogP) is 5.31. The van der Waals surface area contributed by atoms with Gasteiger partial charge in [0, 0.05) is 23.5 Å². The molecule has 0 heterocycles. The Kier molecular flexibility index (Phi) is 5.69. The number of hydrogen-bond donors (Lipinski definition) is 0. The Morgan fingerprint density at radius 2 is 0.960 bits per heavy atom. The van der Waals surface area contributed by atoms with Crippen molar-refractivity contribution in [1.82, 2.24) is 0 Å². The largest absolute Gasteiger partial charge is 0.299 e. The summed E-state index contributed by atoms with van der Waals surface area (Å²) in [6, 6.07) is 0. The average molecular weight is 374 g/mol. The summed E-state index contributed by atoms with van der Waals surface area (Å²) in [5, 5.41) is 0. The van der Waals surface area contributed by atoms with Crippen molar-refractivity contribution in [2.24, 2.45) is 0 Å². The molecule has 25 heavy (non-hydrogen) atoms. The van der Waals surface area contributed by atoms with Crippen LogP contribution in [0.4, 0.5) is 0 Å². The minimum Gasteiger partial charge on any atom is -0.299 e. The summed E-state index contributed by atoms with van der Waals surface area (Å²) in [4.78, 5) is 12.9. The minimum atomic E-state index is 0. The van der Waals surface area contributed by atoms with Gasteiger partial charge in [-0.15, -0.1) is 0 Å². The van der Waals surface area contributed by atoms with E-state index in [0.29, 0.717) is 5.78 Å². The van der Waals surface area contributed by atoms with Gasteiger partial charge in [-0.05, 0) is 106 Å². The number of carbonyl (C=O) groups excluding carboxylic acids is 1. The SMILES string of the molecule is O=C1CCC[C]2[CH][C]3CCC[C]4[CH][C]1[C]1CCC[C]2[C]3CCC[C]41.[Fe]. The molecule has 0 unspecified atom stereocenters. The third-order valence-electron chi connectivity index (χ3n) is 6.63. The van der Waals surface area contributed by atoms with E-state index < -0.39 is 0 Å². The third kappa shape index (κ3) is 3.29. The van der Waals surface area contributed by atoms with Gasteiger partial charge in [0.15, 0.2) is 0 Å². The number of rotatable bonds is 0. The number of hydrogen-bond acceptors (Lipinski definition) is 1. The Bertz CT molecular complexity index is 488. The molecule has 0 aliphatic heterocycles. The van der Waals surface area contributed by atoms with Crippen LogP contribution in [0.2, 0.25) is 0 Å². The van der Waals surface area contributed by atoms with E-state index in [1.165, 1.54) is 56.8 Å². The summed E-state index contributed by atoms with van der Waals surface area (Å²) in [6.07, 6.45) is 18.5. The molecule has 4 bridgehead atoms. The van der Waals surface area contributed by atoms with Gasteiger partial charge < -0.3 is 0 Å². The van der Waals surface area contributed by atoms with Crippen molar-refractivity contribution in [3.63, 3.8) is 0 Å². The van der Waals surface area contributed by atoms with E-state index >= 15 is 0 Å². The van der Waals surface area contributed by atoms with Gasteiger partial charge in [0.1, 0.15) is 5.78 Å². The van der Waals surface area contributed by atoms with Crippen molar-refractivity contribution in [3.8, 4) is 0 Å². The van der Waals surface area contributed by atoms with E-state index in [9.17, 15) is 4.79 Å². The molecule has 0 amide bonds. The van der Waals surface area contributed by atoms with Crippen molar-refractivity contribution in [2.75, 3.05) is 0 Å². The van der Waals surface area contributed by atoms with E-state index in [-0.39, 0.29) is 17.1 Å². The fourth-order valence-electron chi connectivity index (χ4n) is 5.54. The maximum atomic E-state index is 12.9. The zero-order valence-electron chi connectivity index (χ0n) is 14.9. The van der Waals surface area contributed by atoms with Crippen LogP contribution in [-0.4, -0.2) is 5.78 Å². The quantitative estimate of drug-likeness (QED) is 0.526. The summed E-state index contributed by atoms with van der Waals surface area (Å²) in [5.41, 5.74) is 0. The third-order valence-corrected chi connectivity index (χ3v) is 6.63. The molecule has 0 aromatic carbocycles. The standard InChI is InChI=1S/C23H26O.Fe/c24-23-12-2-7-16-13-15-5-1-6-17-14-22(23)21-11-4-9-19(16)18(15)8-3-10-20(17)21;/h13-14H,1-12H2;. The van der Waals surface area contributed by atoms with Crippen LogP contribution in [0.5, 0.6) is 0 Å². The number of carbonyl (C=O) groups is 1. The van der Waals surface area contributed by atoms with Gasteiger partial charge in [0.25, 0.3) is 0 Å². The van der Waals surface area contributed by atoms with Crippen molar-refractivity contribution >= 4 is 5.78 Å². The Labute approximate surface area is 164 Å². The molecule has 5 rings (SSSR count). The van der Waals surface area contributed by atoms with Crippen molar-refractivity contribution in [2.45, 2.75) is 77.0 Å².